The quantitative estimate of drug-likeness (QED) is 0.376. The zero-order valence-corrected chi connectivity index (χ0v) is 12.9. The van der Waals surface area contributed by atoms with Crippen molar-refractivity contribution in [2.45, 2.75) is 72.5 Å². The van der Waals surface area contributed by atoms with Crippen molar-refractivity contribution in [1.29, 1.82) is 0 Å². The third-order valence-corrected chi connectivity index (χ3v) is 9.03. The van der Waals surface area contributed by atoms with Crippen molar-refractivity contribution < 1.29 is 0 Å². The Morgan fingerprint density at radius 1 is 1.17 bits per heavy atom. The fourth-order valence-electron chi connectivity index (χ4n) is 5.45. The fourth-order valence-corrected chi connectivity index (χ4v) is 8.25. The maximum Gasteiger partial charge on any atom is 0.0352 e. The molecule has 0 nitrogen and oxygen atoms in total. The van der Waals surface area contributed by atoms with E-state index in [1.54, 1.807) is 5.57 Å². The Labute approximate surface area is 121 Å². The Balaban J connectivity index is 1.68. The minimum atomic E-state index is 0.632. The fraction of sp³-hybridized carbons (Fsp3) is 0.875. The van der Waals surface area contributed by atoms with E-state index in [0.29, 0.717) is 14.7 Å². The Bertz CT molecular complexity index is 387. The molecule has 4 rings (SSSR count). The Hall–Kier alpha value is 0.440. The van der Waals surface area contributed by atoms with Crippen LogP contribution in [-0.2, 0) is 0 Å². The first-order valence-electron chi connectivity index (χ1n) is 7.72. The highest BCUT2D eigenvalue weighted by molar-refractivity contribution is 8.09. The number of hydrogen-bond acceptors (Lipinski definition) is 2. The van der Waals surface area contributed by atoms with Gasteiger partial charge in [0.25, 0.3) is 0 Å². The lowest BCUT2D eigenvalue weighted by atomic mass is 9.60. The average molecular weight is 281 g/mol. The molecule has 3 saturated carbocycles. The standard InChI is InChI=1S/C16H24S2/c1-11-4-3-8-16-13-5-2-6-14(17)12(13)7-9-15(16,10-11)18-16/h12-14,17H,1-10H2/t12?,13?,14-,15-,16+/m0/s1. The molecule has 1 saturated heterocycles. The van der Waals surface area contributed by atoms with Gasteiger partial charge in [0.1, 0.15) is 0 Å². The molecule has 0 N–H and O–H groups in total. The molecule has 3 aliphatic carbocycles. The summed E-state index contributed by atoms with van der Waals surface area (Å²) in [4.78, 5) is 0. The molecular weight excluding hydrogens is 256 g/mol. The van der Waals surface area contributed by atoms with E-state index in [0.717, 1.165) is 11.8 Å². The van der Waals surface area contributed by atoms with Crippen LogP contribution >= 0.6 is 24.4 Å². The van der Waals surface area contributed by atoms with Crippen molar-refractivity contribution in [3.63, 3.8) is 0 Å². The number of thioether (sulfide) groups is 1. The normalized spacial score (nSPS) is 54.9. The molecule has 1 aliphatic heterocycles. The minimum Gasteiger partial charge on any atom is -0.176 e. The van der Waals surface area contributed by atoms with Gasteiger partial charge in [0.2, 0.25) is 0 Å². The van der Waals surface area contributed by atoms with Gasteiger partial charge < -0.3 is 0 Å². The van der Waals surface area contributed by atoms with Crippen molar-refractivity contribution in [3.05, 3.63) is 12.2 Å². The molecule has 1 heterocycles. The average Bonchev–Trinajstić information content (AvgIpc) is 2.99. The van der Waals surface area contributed by atoms with Gasteiger partial charge in [-0.05, 0) is 63.2 Å². The van der Waals surface area contributed by atoms with Gasteiger partial charge in [-0.2, -0.15) is 12.6 Å². The van der Waals surface area contributed by atoms with E-state index >= 15 is 0 Å². The van der Waals surface area contributed by atoms with Crippen LogP contribution in [0.5, 0.6) is 0 Å². The number of thiol groups is 1. The number of hydrogen-bond donors (Lipinski definition) is 1. The summed E-state index contributed by atoms with van der Waals surface area (Å²) in [6.07, 6.45) is 12.7. The molecule has 2 unspecified atom stereocenters. The van der Waals surface area contributed by atoms with E-state index in [4.69, 9.17) is 12.6 Å². The molecule has 4 fully saturated rings. The molecule has 100 valence electrons. The van der Waals surface area contributed by atoms with Crippen LogP contribution < -0.4 is 0 Å². The van der Waals surface area contributed by atoms with Gasteiger partial charge in [-0.1, -0.05) is 18.6 Å². The monoisotopic (exact) mass is 280 g/mol. The van der Waals surface area contributed by atoms with Gasteiger partial charge in [-0.3, -0.25) is 0 Å². The van der Waals surface area contributed by atoms with Gasteiger partial charge in [0.05, 0.1) is 0 Å². The number of allylic oxidation sites excluding steroid dienone is 1. The van der Waals surface area contributed by atoms with Crippen LogP contribution in [0.25, 0.3) is 0 Å². The third-order valence-electron chi connectivity index (χ3n) is 6.23. The first-order valence-corrected chi connectivity index (χ1v) is 9.05. The summed E-state index contributed by atoms with van der Waals surface area (Å²) in [6, 6.07) is 0. The second-order valence-electron chi connectivity index (χ2n) is 7.07. The third kappa shape index (κ3) is 1.48. The molecule has 0 aromatic heterocycles. The molecule has 0 bridgehead atoms. The lowest BCUT2D eigenvalue weighted by Gasteiger charge is -2.46. The van der Waals surface area contributed by atoms with Crippen LogP contribution in [-0.4, -0.2) is 14.7 Å². The minimum absolute atomic E-state index is 0.632. The van der Waals surface area contributed by atoms with Crippen LogP contribution in [0.2, 0.25) is 0 Å². The molecular formula is C16H24S2. The van der Waals surface area contributed by atoms with Gasteiger partial charge in [0, 0.05) is 14.7 Å². The van der Waals surface area contributed by atoms with Gasteiger partial charge in [0.15, 0.2) is 0 Å². The molecule has 0 spiro atoms. The van der Waals surface area contributed by atoms with Crippen LogP contribution in [0.3, 0.4) is 0 Å². The van der Waals surface area contributed by atoms with Crippen LogP contribution in [0.4, 0.5) is 0 Å². The van der Waals surface area contributed by atoms with E-state index in [1.807, 2.05) is 0 Å². The maximum absolute atomic E-state index is 4.91. The van der Waals surface area contributed by atoms with E-state index in [9.17, 15) is 0 Å². The molecule has 18 heavy (non-hydrogen) atoms. The first-order chi connectivity index (χ1) is 8.67. The largest absolute Gasteiger partial charge is 0.176 e. The lowest BCUT2D eigenvalue weighted by Crippen LogP contribution is -2.46. The van der Waals surface area contributed by atoms with Crippen LogP contribution in [0.15, 0.2) is 12.2 Å². The Morgan fingerprint density at radius 2 is 2.06 bits per heavy atom. The topological polar surface area (TPSA) is 0 Å². The van der Waals surface area contributed by atoms with E-state index < -0.39 is 0 Å². The van der Waals surface area contributed by atoms with Crippen molar-refractivity contribution in [2.75, 3.05) is 0 Å². The van der Waals surface area contributed by atoms with E-state index in [2.05, 4.69) is 18.3 Å². The maximum atomic E-state index is 4.91. The summed E-state index contributed by atoms with van der Waals surface area (Å²) in [5.41, 5.74) is 1.54. The van der Waals surface area contributed by atoms with Crippen LogP contribution in [0, 0.1) is 11.8 Å². The summed E-state index contributed by atoms with van der Waals surface area (Å²) in [5, 5.41) is 0.698. The molecule has 0 aromatic carbocycles. The Morgan fingerprint density at radius 3 is 2.94 bits per heavy atom. The summed E-state index contributed by atoms with van der Waals surface area (Å²) >= 11 is 7.28. The second-order valence-corrected chi connectivity index (χ2v) is 9.45. The Kier molecular flexibility index (Phi) is 2.69. The van der Waals surface area contributed by atoms with Gasteiger partial charge in [-0.15, -0.1) is 11.8 Å². The highest BCUT2D eigenvalue weighted by Gasteiger charge is 2.74. The first kappa shape index (κ1) is 12.2. The van der Waals surface area contributed by atoms with Gasteiger partial charge in [-0.25, -0.2) is 0 Å². The second kappa shape index (κ2) is 3.97. The zero-order chi connectivity index (χ0) is 12.4. The molecule has 5 atom stereocenters. The van der Waals surface area contributed by atoms with Crippen molar-refractivity contribution in [2.24, 2.45) is 11.8 Å². The number of rotatable bonds is 0. The van der Waals surface area contributed by atoms with Crippen LogP contribution in [0.1, 0.15) is 57.8 Å². The summed E-state index contributed by atoms with van der Waals surface area (Å²) in [6.45, 7) is 4.32. The highest BCUT2D eigenvalue weighted by atomic mass is 32.2. The van der Waals surface area contributed by atoms with Crippen molar-refractivity contribution in [3.8, 4) is 0 Å². The lowest BCUT2D eigenvalue weighted by molar-refractivity contribution is 0.129. The summed E-state index contributed by atoms with van der Waals surface area (Å²) < 4.78 is 1.29. The molecule has 4 aliphatic rings. The molecule has 0 aromatic rings. The zero-order valence-electron chi connectivity index (χ0n) is 11.2. The van der Waals surface area contributed by atoms with Gasteiger partial charge >= 0.3 is 0 Å². The summed E-state index contributed by atoms with van der Waals surface area (Å²) in [5.74, 6) is 1.91. The van der Waals surface area contributed by atoms with E-state index in [-0.39, 0.29) is 0 Å². The highest BCUT2D eigenvalue weighted by Crippen LogP contribution is 2.79. The summed E-state index contributed by atoms with van der Waals surface area (Å²) in [7, 11) is 0. The smallest absolute Gasteiger partial charge is 0.0352 e. The predicted molar refractivity (Wildman–Crippen MR) is 83.5 cm³/mol. The SMILES string of the molecule is C=C1CCC[C@]23S[C@@]2(CCC2C3CCC[C@@H]2S)C1. The number of fused-ring (bicyclic) bond motifs is 1. The molecule has 2 heteroatoms. The van der Waals surface area contributed by atoms with Crippen molar-refractivity contribution in [1.82, 2.24) is 0 Å². The molecule has 0 amide bonds. The van der Waals surface area contributed by atoms with E-state index in [1.165, 1.54) is 57.8 Å². The van der Waals surface area contributed by atoms with Crippen molar-refractivity contribution >= 4 is 24.4 Å². The molecule has 0 radical (unpaired) electrons. The predicted octanol–water partition coefficient (Wildman–Crippen LogP) is 4.85.